The minimum Gasteiger partial charge on any atom is -0.354 e. The predicted octanol–water partition coefficient (Wildman–Crippen LogP) is 1.81. The number of carbonyl (C=O) groups excluding carboxylic acids is 2. The van der Waals surface area contributed by atoms with E-state index in [-0.39, 0.29) is 30.3 Å². The molecule has 1 saturated heterocycles. The van der Waals surface area contributed by atoms with E-state index in [2.05, 4.69) is 5.32 Å². The molecule has 1 heterocycles. The van der Waals surface area contributed by atoms with Crippen LogP contribution in [0.5, 0.6) is 0 Å². The van der Waals surface area contributed by atoms with Crippen molar-refractivity contribution in [1.82, 2.24) is 10.2 Å². The first kappa shape index (κ1) is 20.5. The van der Waals surface area contributed by atoms with Crippen LogP contribution in [0.1, 0.15) is 36.8 Å². The number of piperidine rings is 1. The number of amides is 2. The Morgan fingerprint density at radius 3 is 2.75 bits per heavy atom. The number of hydrogen-bond acceptors (Lipinski definition) is 3. The topological polar surface area (TPSA) is 75.4 Å². The van der Waals surface area contributed by atoms with Gasteiger partial charge >= 0.3 is 0 Å². The first-order chi connectivity index (χ1) is 11.1. The smallest absolute Gasteiger partial charge is 0.227 e. The second-order valence-corrected chi connectivity index (χ2v) is 6.18. The molecule has 1 fully saturated rings. The normalized spacial score (nSPS) is 17.1. The van der Waals surface area contributed by atoms with Crippen LogP contribution in [0.4, 0.5) is 0 Å². The van der Waals surface area contributed by atoms with Gasteiger partial charge in [-0.2, -0.15) is 0 Å². The molecule has 2 rings (SSSR count). The lowest BCUT2D eigenvalue weighted by molar-refractivity contribution is -0.134. The highest BCUT2D eigenvalue weighted by Gasteiger charge is 2.27. The zero-order valence-corrected chi connectivity index (χ0v) is 15.1. The number of rotatable bonds is 6. The third kappa shape index (κ3) is 5.80. The Morgan fingerprint density at radius 1 is 1.29 bits per heavy atom. The van der Waals surface area contributed by atoms with Crippen molar-refractivity contribution in [1.29, 1.82) is 0 Å². The summed E-state index contributed by atoms with van der Waals surface area (Å²) in [7, 11) is 0. The summed E-state index contributed by atoms with van der Waals surface area (Å²) in [5.74, 6) is 0.112. The Balaban J connectivity index is 0.00000288. The molecule has 24 heavy (non-hydrogen) atoms. The van der Waals surface area contributed by atoms with Crippen molar-refractivity contribution in [3.63, 3.8) is 0 Å². The molecular formula is C18H28ClN3O2. The number of aryl methyl sites for hydroxylation is 1. The van der Waals surface area contributed by atoms with E-state index >= 15 is 0 Å². The number of likely N-dealkylation sites (tertiary alicyclic amines) is 1. The number of nitrogens with two attached hydrogens (primary N) is 1. The number of hydrogen-bond donors (Lipinski definition) is 2. The van der Waals surface area contributed by atoms with Crippen molar-refractivity contribution in [3.05, 3.63) is 35.4 Å². The van der Waals surface area contributed by atoms with Gasteiger partial charge in [-0.1, -0.05) is 24.3 Å². The number of halogens is 1. The maximum atomic E-state index is 12.7. The molecule has 1 aliphatic heterocycles. The highest BCUT2D eigenvalue weighted by molar-refractivity contribution is 5.85. The lowest BCUT2D eigenvalue weighted by atomic mass is 9.99. The summed E-state index contributed by atoms with van der Waals surface area (Å²) < 4.78 is 0. The Hall–Kier alpha value is -1.59. The van der Waals surface area contributed by atoms with Gasteiger partial charge in [-0.15, -0.1) is 12.4 Å². The van der Waals surface area contributed by atoms with Crippen LogP contribution in [-0.4, -0.2) is 42.4 Å². The van der Waals surface area contributed by atoms with Gasteiger partial charge < -0.3 is 16.0 Å². The molecule has 1 aliphatic rings. The van der Waals surface area contributed by atoms with E-state index in [1.807, 2.05) is 36.1 Å². The van der Waals surface area contributed by atoms with Gasteiger partial charge in [-0.25, -0.2) is 0 Å². The van der Waals surface area contributed by atoms with Gasteiger partial charge in [0.25, 0.3) is 0 Å². The number of benzene rings is 1. The maximum Gasteiger partial charge on any atom is 0.227 e. The summed E-state index contributed by atoms with van der Waals surface area (Å²) in [5.41, 5.74) is 7.61. The lowest BCUT2D eigenvalue weighted by Gasteiger charge is -2.36. The van der Waals surface area contributed by atoms with Crippen molar-refractivity contribution in [2.24, 2.45) is 5.73 Å². The average molecular weight is 354 g/mol. The lowest BCUT2D eigenvalue weighted by Crippen LogP contribution is -2.50. The second-order valence-electron chi connectivity index (χ2n) is 6.18. The molecule has 3 N–H and O–H groups in total. The first-order valence-electron chi connectivity index (χ1n) is 8.42. The van der Waals surface area contributed by atoms with Crippen LogP contribution in [0.25, 0.3) is 0 Å². The molecule has 0 bridgehead atoms. The molecule has 0 spiro atoms. The number of nitrogens with one attached hydrogen (secondary N) is 1. The quantitative estimate of drug-likeness (QED) is 0.818. The van der Waals surface area contributed by atoms with Crippen molar-refractivity contribution < 1.29 is 9.59 Å². The fourth-order valence-electron chi connectivity index (χ4n) is 3.07. The fourth-order valence-corrected chi connectivity index (χ4v) is 3.07. The molecule has 1 atom stereocenters. The van der Waals surface area contributed by atoms with Crippen LogP contribution in [0, 0.1) is 6.92 Å². The third-order valence-corrected chi connectivity index (χ3v) is 4.46. The fraction of sp³-hybridized carbons (Fsp3) is 0.556. The van der Waals surface area contributed by atoms with Gasteiger partial charge in [0.1, 0.15) is 0 Å². The zero-order chi connectivity index (χ0) is 16.7. The monoisotopic (exact) mass is 353 g/mol. The molecule has 134 valence electrons. The molecule has 5 nitrogen and oxygen atoms in total. The summed E-state index contributed by atoms with van der Waals surface area (Å²) in [6.07, 6.45) is 3.85. The van der Waals surface area contributed by atoms with Crippen LogP contribution in [0.2, 0.25) is 0 Å². The summed E-state index contributed by atoms with van der Waals surface area (Å²) in [6.45, 7) is 3.69. The van der Waals surface area contributed by atoms with Crippen molar-refractivity contribution >= 4 is 24.2 Å². The minimum absolute atomic E-state index is 0. The second kappa shape index (κ2) is 10.3. The van der Waals surface area contributed by atoms with Gasteiger partial charge in [0.15, 0.2) is 0 Å². The van der Waals surface area contributed by atoms with Gasteiger partial charge in [0.2, 0.25) is 11.8 Å². The van der Waals surface area contributed by atoms with Crippen molar-refractivity contribution in [2.75, 3.05) is 19.6 Å². The van der Waals surface area contributed by atoms with E-state index in [1.54, 1.807) is 0 Å². The molecule has 0 saturated carbocycles. The van der Waals surface area contributed by atoms with Crippen molar-refractivity contribution in [2.45, 2.75) is 45.1 Å². The van der Waals surface area contributed by atoms with Gasteiger partial charge in [0, 0.05) is 32.1 Å². The highest BCUT2D eigenvalue weighted by Crippen LogP contribution is 2.19. The molecule has 1 unspecified atom stereocenters. The standard InChI is InChI=1S/C18H27N3O2.ClH/c1-14-6-2-3-7-15(14)12-18(23)21-11-5-4-8-16(21)13-20-17(22)9-10-19;/h2-3,6-7,16H,4-5,8-13,19H2,1H3,(H,20,22);1H. The molecule has 0 aromatic heterocycles. The summed E-state index contributed by atoms with van der Waals surface area (Å²) in [5, 5.41) is 2.90. The zero-order valence-electron chi connectivity index (χ0n) is 14.3. The molecule has 0 radical (unpaired) electrons. The van der Waals surface area contributed by atoms with Crippen molar-refractivity contribution in [3.8, 4) is 0 Å². The highest BCUT2D eigenvalue weighted by atomic mass is 35.5. The minimum atomic E-state index is -0.0376. The summed E-state index contributed by atoms with van der Waals surface area (Å²) in [4.78, 5) is 26.2. The van der Waals surface area contributed by atoms with E-state index in [0.29, 0.717) is 25.9 Å². The van der Waals surface area contributed by atoms with Crippen LogP contribution in [-0.2, 0) is 16.0 Å². The van der Waals surface area contributed by atoms with Crippen LogP contribution in [0.15, 0.2) is 24.3 Å². The molecule has 0 aliphatic carbocycles. The molecule has 2 amide bonds. The Kier molecular flexibility index (Phi) is 8.79. The number of carbonyl (C=O) groups is 2. The maximum absolute atomic E-state index is 12.7. The van der Waals surface area contributed by atoms with E-state index in [9.17, 15) is 9.59 Å². The Labute approximate surface area is 150 Å². The summed E-state index contributed by atoms with van der Waals surface area (Å²) >= 11 is 0. The summed E-state index contributed by atoms with van der Waals surface area (Å²) in [6, 6.07) is 8.09. The van der Waals surface area contributed by atoms with Crippen LogP contribution >= 0.6 is 12.4 Å². The van der Waals surface area contributed by atoms with Gasteiger partial charge in [-0.05, 0) is 37.3 Å². The molecular weight excluding hydrogens is 326 g/mol. The van der Waals surface area contributed by atoms with Crippen LogP contribution < -0.4 is 11.1 Å². The van der Waals surface area contributed by atoms with Gasteiger partial charge in [0.05, 0.1) is 6.42 Å². The van der Waals surface area contributed by atoms with Crippen LogP contribution in [0.3, 0.4) is 0 Å². The number of nitrogens with zero attached hydrogens (tertiary/aromatic N) is 1. The van der Waals surface area contributed by atoms with E-state index < -0.39 is 0 Å². The third-order valence-electron chi connectivity index (χ3n) is 4.46. The Morgan fingerprint density at radius 2 is 2.04 bits per heavy atom. The first-order valence-corrected chi connectivity index (χ1v) is 8.42. The SMILES string of the molecule is Cc1ccccc1CC(=O)N1CCCCC1CNC(=O)CCN.Cl. The van der Waals surface area contributed by atoms with E-state index in [4.69, 9.17) is 5.73 Å². The predicted molar refractivity (Wildman–Crippen MR) is 98.2 cm³/mol. The van der Waals surface area contributed by atoms with Gasteiger partial charge in [-0.3, -0.25) is 9.59 Å². The molecule has 1 aromatic carbocycles. The largest absolute Gasteiger partial charge is 0.354 e. The average Bonchev–Trinajstić information content (AvgIpc) is 2.55. The Bertz CT molecular complexity index is 551. The van der Waals surface area contributed by atoms with E-state index in [1.165, 1.54) is 0 Å². The van der Waals surface area contributed by atoms with E-state index in [0.717, 1.165) is 36.9 Å². The molecule has 1 aromatic rings. The molecule has 6 heteroatoms.